The van der Waals surface area contributed by atoms with Crippen LogP contribution in [-0.2, 0) is 25.9 Å². The van der Waals surface area contributed by atoms with Crippen molar-refractivity contribution in [1.82, 2.24) is 30.0 Å². The first kappa shape index (κ1) is 23.4. The van der Waals surface area contributed by atoms with Crippen LogP contribution in [0.2, 0.25) is 0 Å². The van der Waals surface area contributed by atoms with Crippen LogP contribution in [0.4, 0.5) is 0 Å². The van der Waals surface area contributed by atoms with Crippen molar-refractivity contribution in [2.45, 2.75) is 52.1 Å². The molecular formula is C22H32IN7O. The highest BCUT2D eigenvalue weighted by Gasteiger charge is 2.16. The highest BCUT2D eigenvalue weighted by molar-refractivity contribution is 14.0. The number of rotatable bonds is 7. The van der Waals surface area contributed by atoms with E-state index < -0.39 is 0 Å². The molecule has 1 aliphatic rings. The van der Waals surface area contributed by atoms with Crippen molar-refractivity contribution in [2.75, 3.05) is 20.1 Å². The largest absolute Gasteiger partial charge is 0.361 e. The smallest absolute Gasteiger partial charge is 0.345 e. The molecule has 1 aromatic carbocycles. The molecule has 0 radical (unpaired) electrons. The lowest BCUT2D eigenvalue weighted by Gasteiger charge is -2.11. The maximum absolute atomic E-state index is 12.4. The van der Waals surface area contributed by atoms with E-state index in [1.807, 2.05) is 4.57 Å². The number of nitrogens with one attached hydrogen (secondary N) is 3. The number of fused-ring (bicyclic) bond motifs is 2. The van der Waals surface area contributed by atoms with Gasteiger partial charge >= 0.3 is 5.69 Å². The van der Waals surface area contributed by atoms with Crippen LogP contribution >= 0.6 is 24.0 Å². The van der Waals surface area contributed by atoms with E-state index in [0.29, 0.717) is 6.54 Å². The van der Waals surface area contributed by atoms with Crippen molar-refractivity contribution in [3.05, 3.63) is 51.8 Å². The molecule has 0 saturated heterocycles. The third-order valence-corrected chi connectivity index (χ3v) is 5.70. The summed E-state index contributed by atoms with van der Waals surface area (Å²) in [6.07, 6.45) is 6.92. The summed E-state index contributed by atoms with van der Waals surface area (Å²) >= 11 is 0. The van der Waals surface area contributed by atoms with E-state index in [2.05, 4.69) is 57.0 Å². The van der Waals surface area contributed by atoms with Crippen LogP contribution in [-0.4, -0.2) is 45.4 Å². The fourth-order valence-electron chi connectivity index (χ4n) is 4.07. The van der Waals surface area contributed by atoms with Crippen molar-refractivity contribution in [2.24, 2.45) is 4.99 Å². The average Bonchev–Trinajstić information content (AvgIpc) is 3.30. The molecule has 8 nitrogen and oxygen atoms in total. The van der Waals surface area contributed by atoms with Gasteiger partial charge in [-0.05, 0) is 49.8 Å². The fraction of sp³-hybridized carbons (Fsp3) is 0.500. The van der Waals surface area contributed by atoms with Gasteiger partial charge in [-0.1, -0.05) is 12.1 Å². The van der Waals surface area contributed by atoms with Crippen LogP contribution in [0.1, 0.15) is 36.2 Å². The molecule has 0 atom stereocenters. The zero-order chi connectivity index (χ0) is 20.9. The Kier molecular flexibility index (Phi) is 8.16. The number of hydrogen-bond donors (Lipinski definition) is 3. The van der Waals surface area contributed by atoms with Crippen LogP contribution < -0.4 is 16.3 Å². The Bertz CT molecular complexity index is 1100. The molecule has 3 heterocycles. The van der Waals surface area contributed by atoms with Gasteiger partial charge in [-0.25, -0.2) is 9.48 Å². The van der Waals surface area contributed by atoms with Gasteiger partial charge in [0.1, 0.15) is 5.82 Å². The van der Waals surface area contributed by atoms with E-state index in [1.165, 1.54) is 22.0 Å². The van der Waals surface area contributed by atoms with E-state index in [9.17, 15) is 4.79 Å². The number of aromatic amines is 1. The van der Waals surface area contributed by atoms with Crippen molar-refractivity contribution < 1.29 is 0 Å². The first-order valence-corrected chi connectivity index (χ1v) is 10.8. The number of aromatic nitrogens is 4. The fourth-order valence-corrected chi connectivity index (χ4v) is 4.07. The summed E-state index contributed by atoms with van der Waals surface area (Å²) in [5.41, 5.74) is 3.78. The van der Waals surface area contributed by atoms with E-state index >= 15 is 0 Å². The minimum Gasteiger partial charge on any atom is -0.361 e. The Balaban J connectivity index is 0.00000272. The molecule has 9 heteroatoms. The Hall–Kier alpha value is -2.30. The zero-order valence-corrected chi connectivity index (χ0v) is 20.6. The SMILES string of the molecule is CN=C(NCCCn1nc2n(c1=O)CCCC2)NCCc1c[nH]c2cc(C)ccc12.I. The first-order valence-electron chi connectivity index (χ1n) is 10.8. The summed E-state index contributed by atoms with van der Waals surface area (Å²) in [6.45, 7) is 5.07. The molecule has 168 valence electrons. The van der Waals surface area contributed by atoms with Crippen molar-refractivity contribution in [3.8, 4) is 0 Å². The second kappa shape index (κ2) is 10.8. The number of H-pyrrole nitrogens is 1. The molecule has 3 aromatic rings. The zero-order valence-electron chi connectivity index (χ0n) is 18.3. The highest BCUT2D eigenvalue weighted by Crippen LogP contribution is 2.19. The van der Waals surface area contributed by atoms with Crippen LogP contribution in [0.5, 0.6) is 0 Å². The van der Waals surface area contributed by atoms with Crippen LogP contribution in [0.15, 0.2) is 34.2 Å². The van der Waals surface area contributed by atoms with Gasteiger partial charge < -0.3 is 15.6 Å². The van der Waals surface area contributed by atoms with Crippen molar-refractivity contribution in [3.63, 3.8) is 0 Å². The van der Waals surface area contributed by atoms with E-state index in [-0.39, 0.29) is 29.7 Å². The standard InChI is InChI=1S/C22H31N7O.HI/c1-16-7-8-18-17(15-26-19(18)14-16)9-11-25-21(23-2)24-10-5-13-29-22(30)28-12-4-3-6-20(28)27-29;/h7-8,14-15,26H,3-6,9-13H2,1-2H3,(H2,23,24,25);1H. The molecule has 2 aromatic heterocycles. The maximum Gasteiger partial charge on any atom is 0.345 e. The van der Waals surface area contributed by atoms with E-state index in [0.717, 1.165) is 63.5 Å². The maximum atomic E-state index is 12.4. The molecule has 0 bridgehead atoms. The quantitative estimate of drug-likeness (QED) is 0.187. The second-order valence-corrected chi connectivity index (χ2v) is 7.92. The van der Waals surface area contributed by atoms with E-state index in [4.69, 9.17) is 0 Å². The summed E-state index contributed by atoms with van der Waals surface area (Å²) < 4.78 is 3.43. The topological polar surface area (TPSA) is 92.0 Å². The van der Waals surface area contributed by atoms with Gasteiger partial charge in [0.25, 0.3) is 0 Å². The second-order valence-electron chi connectivity index (χ2n) is 7.92. The molecule has 0 unspecified atom stereocenters. The highest BCUT2D eigenvalue weighted by atomic mass is 127. The van der Waals surface area contributed by atoms with Crippen LogP contribution in [0, 0.1) is 6.92 Å². The molecular weight excluding hydrogens is 505 g/mol. The normalized spacial score (nSPS) is 13.7. The van der Waals surface area contributed by atoms with Gasteiger partial charge in [0.15, 0.2) is 5.96 Å². The van der Waals surface area contributed by atoms with Crippen LogP contribution in [0.25, 0.3) is 10.9 Å². The lowest BCUT2D eigenvalue weighted by atomic mass is 10.1. The van der Waals surface area contributed by atoms with Gasteiger partial charge in [-0.3, -0.25) is 9.56 Å². The number of guanidine groups is 1. The van der Waals surface area contributed by atoms with Crippen LogP contribution in [0.3, 0.4) is 0 Å². The number of benzene rings is 1. The number of halogens is 1. The molecule has 1 aliphatic heterocycles. The number of nitrogens with zero attached hydrogens (tertiary/aromatic N) is 4. The van der Waals surface area contributed by atoms with Crippen molar-refractivity contribution in [1.29, 1.82) is 0 Å². The lowest BCUT2D eigenvalue weighted by Crippen LogP contribution is -2.39. The Labute approximate surface area is 199 Å². The Morgan fingerprint density at radius 3 is 2.90 bits per heavy atom. The first-order chi connectivity index (χ1) is 14.7. The van der Waals surface area contributed by atoms with Crippen molar-refractivity contribution >= 4 is 40.8 Å². The van der Waals surface area contributed by atoms with Gasteiger partial charge in [0.05, 0.1) is 0 Å². The third kappa shape index (κ3) is 5.50. The lowest BCUT2D eigenvalue weighted by molar-refractivity contribution is 0.509. The summed E-state index contributed by atoms with van der Waals surface area (Å²) in [5, 5.41) is 12.5. The average molecular weight is 537 g/mol. The molecule has 31 heavy (non-hydrogen) atoms. The molecule has 0 fully saturated rings. The van der Waals surface area contributed by atoms with Gasteiger partial charge in [-0.15, -0.1) is 24.0 Å². The monoisotopic (exact) mass is 537 g/mol. The summed E-state index contributed by atoms with van der Waals surface area (Å²) in [6, 6.07) is 6.50. The third-order valence-electron chi connectivity index (χ3n) is 5.70. The predicted molar refractivity (Wildman–Crippen MR) is 136 cm³/mol. The molecule has 0 amide bonds. The minimum absolute atomic E-state index is 0. The number of aliphatic imine (C=N–C) groups is 1. The minimum atomic E-state index is 0. The summed E-state index contributed by atoms with van der Waals surface area (Å²) in [4.78, 5) is 20.0. The van der Waals surface area contributed by atoms with Gasteiger partial charge in [-0.2, -0.15) is 5.10 Å². The summed E-state index contributed by atoms with van der Waals surface area (Å²) in [7, 11) is 1.78. The molecule has 0 aliphatic carbocycles. The van der Waals surface area contributed by atoms with Gasteiger partial charge in [0, 0.05) is 56.7 Å². The molecule has 0 spiro atoms. The molecule has 0 saturated carbocycles. The number of aryl methyl sites for hydroxylation is 3. The Morgan fingerprint density at radius 1 is 1.26 bits per heavy atom. The van der Waals surface area contributed by atoms with E-state index in [1.54, 1.807) is 11.7 Å². The predicted octanol–water partition coefficient (Wildman–Crippen LogP) is 2.59. The molecule has 3 N–H and O–H groups in total. The molecule has 4 rings (SSSR count). The summed E-state index contributed by atoms with van der Waals surface area (Å²) in [5.74, 6) is 1.71. The van der Waals surface area contributed by atoms with Gasteiger partial charge in [0.2, 0.25) is 0 Å². The number of hydrogen-bond acceptors (Lipinski definition) is 3. The Morgan fingerprint density at radius 2 is 2.10 bits per heavy atom.